The molecule has 45 heavy (non-hydrogen) atoms. The molecule has 0 bridgehead atoms. The van der Waals surface area contributed by atoms with Crippen LogP contribution in [0.5, 0.6) is 0 Å². The Kier molecular flexibility index (Phi) is 17.7. The quantitative estimate of drug-likeness (QED) is 0.237. The molecular formula is C39H55Cl2N3V. The van der Waals surface area contributed by atoms with Gasteiger partial charge in [0, 0.05) is 0 Å². The SMILES string of the molecule is CC(=Nc1c(C(C)C)cc(C(C)C)cc1C(C)C)c1cccc(C(C)=Nc2c(C(C)C)cc(C(C)C)cc2C(C)C)n1.[Cl-].[Cl-].[V+2]. The first-order valence-electron chi connectivity index (χ1n) is 16.1. The Morgan fingerprint density at radius 1 is 0.489 bits per heavy atom. The van der Waals surface area contributed by atoms with Crippen molar-refractivity contribution in [1.82, 2.24) is 4.98 Å². The number of pyridine rings is 1. The van der Waals surface area contributed by atoms with Gasteiger partial charge >= 0.3 is 18.6 Å². The third-order valence-corrected chi connectivity index (χ3v) is 8.25. The molecule has 0 aliphatic carbocycles. The predicted molar refractivity (Wildman–Crippen MR) is 185 cm³/mol. The van der Waals surface area contributed by atoms with Crippen LogP contribution in [-0.2, 0) is 18.6 Å². The van der Waals surface area contributed by atoms with Crippen molar-refractivity contribution in [3.8, 4) is 0 Å². The Morgan fingerprint density at radius 2 is 0.756 bits per heavy atom. The molecule has 0 spiro atoms. The normalized spacial score (nSPS) is 12.3. The summed E-state index contributed by atoms with van der Waals surface area (Å²) in [4.78, 5) is 15.6. The first kappa shape index (κ1) is 43.1. The summed E-state index contributed by atoms with van der Waals surface area (Å²) in [5, 5.41) is 0. The van der Waals surface area contributed by atoms with E-state index < -0.39 is 0 Å². The summed E-state index contributed by atoms with van der Waals surface area (Å²) in [5.41, 5.74) is 13.9. The average molecular weight is 688 g/mol. The largest absolute Gasteiger partial charge is 2.00 e. The van der Waals surface area contributed by atoms with Crippen LogP contribution >= 0.6 is 0 Å². The fourth-order valence-corrected chi connectivity index (χ4v) is 5.38. The standard InChI is InChI=1S/C39H55N3.2ClH.V/c1-22(2)30-18-32(24(5)6)38(33(19-30)25(7)8)40-28(13)36-16-15-17-37(42-36)29(14)41-39-34(26(9)10)20-31(23(3)4)21-35(39)27(11)12;;;/h15-27H,1-14H3;2*1H;/q;;;+2/p-2. The van der Waals surface area contributed by atoms with Gasteiger partial charge in [-0.2, -0.15) is 0 Å². The van der Waals surface area contributed by atoms with E-state index in [2.05, 4.69) is 139 Å². The van der Waals surface area contributed by atoms with Crippen LogP contribution in [0.4, 0.5) is 11.4 Å². The van der Waals surface area contributed by atoms with E-state index in [1.165, 1.54) is 33.4 Å². The number of benzene rings is 2. The predicted octanol–water partition coefficient (Wildman–Crippen LogP) is 6.11. The zero-order valence-electron chi connectivity index (χ0n) is 30.1. The maximum Gasteiger partial charge on any atom is 2.00 e. The molecule has 1 heterocycles. The molecule has 3 aromatic rings. The van der Waals surface area contributed by atoms with Crippen molar-refractivity contribution in [3.63, 3.8) is 0 Å². The molecule has 3 nitrogen and oxygen atoms in total. The topological polar surface area (TPSA) is 37.6 Å². The third-order valence-electron chi connectivity index (χ3n) is 8.25. The van der Waals surface area contributed by atoms with E-state index in [-0.39, 0.29) is 43.4 Å². The molecule has 6 heteroatoms. The zero-order chi connectivity index (χ0) is 31.5. The summed E-state index contributed by atoms with van der Waals surface area (Å²) in [6.45, 7) is 31.4. The number of aliphatic imine (C=N–C) groups is 2. The van der Waals surface area contributed by atoms with Gasteiger partial charge in [-0.25, -0.2) is 4.98 Å². The van der Waals surface area contributed by atoms with E-state index in [4.69, 9.17) is 15.0 Å². The molecule has 0 unspecified atom stereocenters. The molecule has 3 rings (SSSR count). The van der Waals surface area contributed by atoms with Gasteiger partial charge in [0.1, 0.15) is 0 Å². The van der Waals surface area contributed by atoms with Crippen LogP contribution in [-0.4, -0.2) is 16.4 Å². The van der Waals surface area contributed by atoms with Crippen LogP contribution in [0, 0.1) is 0 Å². The van der Waals surface area contributed by atoms with Crippen molar-refractivity contribution in [3.05, 3.63) is 87.2 Å². The number of aromatic nitrogens is 1. The van der Waals surface area contributed by atoms with Gasteiger partial charge in [0.2, 0.25) is 0 Å². The van der Waals surface area contributed by atoms with Gasteiger partial charge in [0.15, 0.2) is 0 Å². The van der Waals surface area contributed by atoms with Gasteiger partial charge < -0.3 is 24.8 Å². The molecule has 1 aromatic heterocycles. The number of nitrogens with zero attached hydrogens (tertiary/aromatic N) is 3. The minimum Gasteiger partial charge on any atom is -1.00 e. The fourth-order valence-electron chi connectivity index (χ4n) is 5.38. The van der Waals surface area contributed by atoms with E-state index in [1.54, 1.807) is 0 Å². The third kappa shape index (κ3) is 10.5. The number of hydrogen-bond acceptors (Lipinski definition) is 3. The first-order valence-corrected chi connectivity index (χ1v) is 16.1. The number of halogens is 2. The molecule has 0 fully saturated rings. The molecule has 0 saturated heterocycles. The molecular weight excluding hydrogens is 632 g/mol. The Morgan fingerprint density at radius 3 is 0.978 bits per heavy atom. The molecule has 0 amide bonds. The van der Waals surface area contributed by atoms with Crippen molar-refractivity contribution in [1.29, 1.82) is 0 Å². The van der Waals surface area contributed by atoms with Gasteiger partial charge in [0.05, 0.1) is 34.2 Å². The van der Waals surface area contributed by atoms with Crippen LogP contribution in [0.2, 0.25) is 0 Å². The number of hydrogen-bond donors (Lipinski definition) is 0. The van der Waals surface area contributed by atoms with Crippen LogP contribution in [0.1, 0.15) is 177 Å². The maximum atomic E-state index is 5.27. The molecule has 1 radical (unpaired) electrons. The first-order chi connectivity index (χ1) is 19.6. The number of rotatable bonds is 10. The van der Waals surface area contributed by atoms with Crippen molar-refractivity contribution < 1.29 is 43.4 Å². The second-order valence-corrected chi connectivity index (χ2v) is 13.8. The van der Waals surface area contributed by atoms with Crippen LogP contribution in [0.3, 0.4) is 0 Å². The van der Waals surface area contributed by atoms with Crippen molar-refractivity contribution >= 4 is 22.8 Å². The summed E-state index contributed by atoms with van der Waals surface area (Å²) in [7, 11) is 0. The summed E-state index contributed by atoms with van der Waals surface area (Å²) in [5.74, 6) is 2.49. The molecule has 0 saturated carbocycles. The molecule has 0 aliphatic rings. The van der Waals surface area contributed by atoms with Gasteiger partial charge in [-0.05, 0) is 94.9 Å². The fraction of sp³-hybridized carbons (Fsp3) is 0.513. The monoisotopic (exact) mass is 686 g/mol. The van der Waals surface area contributed by atoms with Crippen LogP contribution < -0.4 is 24.8 Å². The van der Waals surface area contributed by atoms with Crippen molar-refractivity contribution in [2.75, 3.05) is 0 Å². The van der Waals surface area contributed by atoms with E-state index in [0.717, 1.165) is 34.2 Å². The van der Waals surface area contributed by atoms with Gasteiger partial charge in [0.25, 0.3) is 0 Å². The minimum absolute atomic E-state index is 0. The summed E-state index contributed by atoms with van der Waals surface area (Å²) < 4.78 is 0. The van der Waals surface area contributed by atoms with Crippen molar-refractivity contribution in [2.45, 2.75) is 132 Å². The van der Waals surface area contributed by atoms with E-state index >= 15 is 0 Å². The smallest absolute Gasteiger partial charge is 1.00 e. The zero-order valence-corrected chi connectivity index (χ0v) is 33.0. The molecule has 0 aliphatic heterocycles. The summed E-state index contributed by atoms with van der Waals surface area (Å²) >= 11 is 0. The van der Waals surface area contributed by atoms with Crippen molar-refractivity contribution in [2.24, 2.45) is 9.98 Å². The summed E-state index contributed by atoms with van der Waals surface area (Å²) in [6.07, 6.45) is 0. The van der Waals surface area contributed by atoms with E-state index in [1.807, 2.05) is 0 Å². The van der Waals surface area contributed by atoms with Gasteiger partial charge in [-0.3, -0.25) is 9.98 Å². The summed E-state index contributed by atoms with van der Waals surface area (Å²) in [6, 6.07) is 15.7. The molecule has 2 aromatic carbocycles. The molecule has 0 atom stereocenters. The Bertz CT molecular complexity index is 1300. The Labute approximate surface area is 299 Å². The maximum absolute atomic E-state index is 5.27. The van der Waals surface area contributed by atoms with Gasteiger partial charge in [-0.1, -0.05) is 113 Å². The Hall–Kier alpha value is -1.91. The van der Waals surface area contributed by atoms with Crippen LogP contribution in [0.15, 0.2) is 52.4 Å². The van der Waals surface area contributed by atoms with E-state index in [9.17, 15) is 0 Å². The minimum atomic E-state index is 0. The molecule has 0 N–H and O–H groups in total. The van der Waals surface area contributed by atoms with E-state index in [0.29, 0.717) is 35.5 Å². The Balaban J connectivity index is 0.00000645. The van der Waals surface area contributed by atoms with Gasteiger partial charge in [-0.15, -0.1) is 0 Å². The van der Waals surface area contributed by atoms with Crippen LogP contribution in [0.25, 0.3) is 0 Å². The second kappa shape index (κ2) is 18.4. The molecule has 245 valence electrons. The average Bonchev–Trinajstić information content (AvgIpc) is 2.92. The second-order valence-electron chi connectivity index (χ2n) is 13.8.